The molecule has 2 fully saturated rings. The van der Waals surface area contributed by atoms with Crippen molar-refractivity contribution < 1.29 is 53.8 Å². The molecule has 3 rings (SSSR count). The predicted molar refractivity (Wildman–Crippen MR) is 93.9 cm³/mol. The smallest absolute Gasteiger partial charge is 0.550 e. The zero-order chi connectivity index (χ0) is 19.3. The Hall–Kier alpha value is -0.490. The Balaban J connectivity index is 0.00000261. The molecular formula is C21H29NaO5. The molecule has 0 aromatic heterocycles. The molecule has 0 aromatic carbocycles. The van der Waals surface area contributed by atoms with Crippen molar-refractivity contribution in [3.63, 3.8) is 0 Å². The molecule has 0 N–H and O–H groups in total. The van der Waals surface area contributed by atoms with E-state index in [1.807, 2.05) is 13.0 Å². The van der Waals surface area contributed by atoms with E-state index in [2.05, 4.69) is 13.8 Å². The van der Waals surface area contributed by atoms with Crippen molar-refractivity contribution in [3.05, 3.63) is 11.6 Å². The third-order valence-electron chi connectivity index (χ3n) is 7.93. The van der Waals surface area contributed by atoms with Gasteiger partial charge in [-0.05, 0) is 50.4 Å². The number of carbonyl (C=O) groups is 3. The second-order valence-corrected chi connectivity index (χ2v) is 8.79. The van der Waals surface area contributed by atoms with Gasteiger partial charge >= 0.3 is 29.6 Å². The Morgan fingerprint density at radius 2 is 2.07 bits per heavy atom. The SMILES string of the molecule is CO[C@@H]1CC[C@@H](C)[C@@H]2CC(=O)[C@]3(C=O)[C@@H](CC=C(C)[C@@H]3CC(=O)[O-])[C@@]12C.[Na+]. The van der Waals surface area contributed by atoms with Crippen LogP contribution in [-0.2, 0) is 19.1 Å². The number of aliphatic carboxylic acids is 1. The van der Waals surface area contributed by atoms with E-state index in [0.717, 1.165) is 24.7 Å². The first kappa shape index (κ1) is 22.8. The van der Waals surface area contributed by atoms with Gasteiger partial charge in [-0.15, -0.1) is 0 Å². The summed E-state index contributed by atoms with van der Waals surface area (Å²) < 4.78 is 5.85. The van der Waals surface area contributed by atoms with Gasteiger partial charge in [-0.25, -0.2) is 0 Å². The number of hydrogen-bond donors (Lipinski definition) is 0. The number of aldehydes is 1. The van der Waals surface area contributed by atoms with E-state index < -0.39 is 17.3 Å². The summed E-state index contributed by atoms with van der Waals surface area (Å²) in [4.78, 5) is 37.2. The molecule has 0 aliphatic heterocycles. The summed E-state index contributed by atoms with van der Waals surface area (Å²) in [6, 6.07) is 0. The average Bonchev–Trinajstić information content (AvgIpc) is 2.59. The maximum Gasteiger partial charge on any atom is 1.00 e. The Morgan fingerprint density at radius 3 is 2.63 bits per heavy atom. The number of ketones is 1. The van der Waals surface area contributed by atoms with Crippen LogP contribution in [0.3, 0.4) is 0 Å². The quantitative estimate of drug-likeness (QED) is 0.267. The second kappa shape index (κ2) is 8.10. The van der Waals surface area contributed by atoms with Gasteiger partial charge in [-0.2, -0.15) is 0 Å². The number of hydrogen-bond acceptors (Lipinski definition) is 5. The maximum absolute atomic E-state index is 13.3. The maximum atomic E-state index is 13.3. The molecular weight excluding hydrogens is 355 g/mol. The summed E-state index contributed by atoms with van der Waals surface area (Å²) in [6.07, 6.45) is 5.30. The van der Waals surface area contributed by atoms with E-state index in [1.54, 1.807) is 7.11 Å². The minimum atomic E-state index is -1.28. The normalized spacial score (nSPS) is 43.6. The van der Waals surface area contributed by atoms with Crippen molar-refractivity contribution >= 4 is 18.0 Å². The molecule has 144 valence electrons. The summed E-state index contributed by atoms with van der Waals surface area (Å²) in [5.41, 5.74) is -0.800. The topological polar surface area (TPSA) is 83.5 Å². The molecule has 27 heavy (non-hydrogen) atoms. The Morgan fingerprint density at radius 1 is 1.41 bits per heavy atom. The molecule has 0 bridgehead atoms. The van der Waals surface area contributed by atoms with Crippen molar-refractivity contribution in [1.82, 2.24) is 0 Å². The molecule has 2 saturated carbocycles. The number of carbonyl (C=O) groups excluding carboxylic acids is 3. The van der Waals surface area contributed by atoms with Crippen LogP contribution in [0.1, 0.15) is 52.9 Å². The minimum Gasteiger partial charge on any atom is -0.550 e. The number of carboxylic acids is 1. The van der Waals surface area contributed by atoms with E-state index in [4.69, 9.17) is 4.74 Å². The number of ether oxygens (including phenoxy) is 1. The van der Waals surface area contributed by atoms with Gasteiger partial charge in [0.2, 0.25) is 0 Å². The van der Waals surface area contributed by atoms with Crippen molar-refractivity contribution in [1.29, 1.82) is 0 Å². The van der Waals surface area contributed by atoms with E-state index in [-0.39, 0.29) is 65.1 Å². The summed E-state index contributed by atoms with van der Waals surface area (Å²) in [5.74, 6) is -1.63. The summed E-state index contributed by atoms with van der Waals surface area (Å²) in [7, 11) is 1.70. The average molecular weight is 384 g/mol. The molecule has 0 heterocycles. The van der Waals surface area contributed by atoms with E-state index in [9.17, 15) is 19.5 Å². The van der Waals surface area contributed by atoms with Gasteiger partial charge in [0.1, 0.15) is 12.1 Å². The van der Waals surface area contributed by atoms with Crippen LogP contribution in [-0.4, -0.2) is 31.3 Å². The first-order valence-corrected chi connectivity index (χ1v) is 9.62. The van der Waals surface area contributed by atoms with Crippen LogP contribution in [0, 0.1) is 34.5 Å². The number of carboxylic acid groups (broad SMARTS) is 1. The van der Waals surface area contributed by atoms with Crippen molar-refractivity contribution in [2.45, 2.75) is 59.0 Å². The van der Waals surface area contributed by atoms with Gasteiger partial charge in [0, 0.05) is 30.8 Å². The van der Waals surface area contributed by atoms with Gasteiger partial charge in [-0.1, -0.05) is 25.5 Å². The Bertz CT molecular complexity index is 659. The molecule has 0 radical (unpaired) electrons. The summed E-state index contributed by atoms with van der Waals surface area (Å²) in [5, 5.41) is 11.4. The molecule has 0 amide bonds. The fraction of sp³-hybridized carbons (Fsp3) is 0.762. The van der Waals surface area contributed by atoms with Crippen LogP contribution in [0.5, 0.6) is 0 Å². The molecule has 3 aliphatic carbocycles. The summed E-state index contributed by atoms with van der Waals surface area (Å²) in [6.45, 7) is 6.16. The number of allylic oxidation sites excluding steroid dienone is 2. The third-order valence-corrected chi connectivity index (χ3v) is 7.93. The molecule has 3 aliphatic rings. The Labute approximate surface area is 183 Å². The van der Waals surface area contributed by atoms with Crippen LogP contribution in [0.25, 0.3) is 0 Å². The molecule has 0 unspecified atom stereocenters. The monoisotopic (exact) mass is 384 g/mol. The van der Waals surface area contributed by atoms with Crippen LogP contribution in [0.4, 0.5) is 0 Å². The minimum absolute atomic E-state index is 0. The molecule has 0 spiro atoms. The zero-order valence-electron chi connectivity index (χ0n) is 17.1. The van der Waals surface area contributed by atoms with Gasteiger partial charge in [0.25, 0.3) is 0 Å². The standard InChI is InChI=1S/C21H30O5.Na/c1-12-6-8-18(26-4)20(3)14(12)9-17(23)21(11-22)15(10-19(24)25)13(2)5-7-16(20)21;/h5,11-12,14-16,18H,6-10H2,1-4H3,(H,24,25);/q;+1/p-1/t12-,14+,15+,16+,18-,20+,21+;/m1./s1. The number of fused-ring (bicyclic) bond motifs is 3. The van der Waals surface area contributed by atoms with E-state index in [1.165, 1.54) is 0 Å². The van der Waals surface area contributed by atoms with Crippen LogP contribution >= 0.6 is 0 Å². The van der Waals surface area contributed by atoms with Gasteiger partial charge in [-0.3, -0.25) is 4.79 Å². The molecule has 0 aromatic rings. The Kier molecular flexibility index (Phi) is 6.83. The third kappa shape index (κ3) is 3.19. The van der Waals surface area contributed by atoms with Crippen molar-refractivity contribution in [2.75, 3.05) is 7.11 Å². The molecule has 6 heteroatoms. The first-order valence-electron chi connectivity index (χ1n) is 9.62. The molecule has 5 nitrogen and oxygen atoms in total. The fourth-order valence-electron chi connectivity index (χ4n) is 6.57. The van der Waals surface area contributed by atoms with Gasteiger partial charge < -0.3 is 19.4 Å². The second-order valence-electron chi connectivity index (χ2n) is 8.79. The predicted octanol–water partition coefficient (Wildman–Crippen LogP) is -1.06. The largest absolute Gasteiger partial charge is 1.00 e. The summed E-state index contributed by atoms with van der Waals surface area (Å²) >= 11 is 0. The van der Waals surface area contributed by atoms with E-state index >= 15 is 0 Å². The number of Topliss-reactive ketones (excluding diaryl/α,β-unsaturated/α-hetero) is 1. The van der Waals surface area contributed by atoms with Crippen LogP contribution < -0.4 is 34.7 Å². The van der Waals surface area contributed by atoms with Crippen LogP contribution in [0.2, 0.25) is 0 Å². The first-order chi connectivity index (χ1) is 12.2. The number of methoxy groups -OCH3 is 1. The zero-order valence-corrected chi connectivity index (χ0v) is 19.1. The molecule has 7 atom stereocenters. The van der Waals surface area contributed by atoms with Crippen LogP contribution in [0.15, 0.2) is 11.6 Å². The fourth-order valence-corrected chi connectivity index (χ4v) is 6.57. The van der Waals surface area contributed by atoms with Crippen molar-refractivity contribution in [3.8, 4) is 0 Å². The molecule has 0 saturated heterocycles. The number of rotatable bonds is 4. The van der Waals surface area contributed by atoms with Gasteiger partial charge in [0.15, 0.2) is 0 Å². The van der Waals surface area contributed by atoms with Crippen molar-refractivity contribution in [2.24, 2.45) is 34.5 Å². The van der Waals surface area contributed by atoms with E-state index in [0.29, 0.717) is 18.8 Å². The van der Waals surface area contributed by atoms with Gasteiger partial charge in [0.05, 0.1) is 11.5 Å².